The van der Waals surface area contributed by atoms with Gasteiger partial charge >= 0.3 is 5.97 Å². The number of halogens is 1. The van der Waals surface area contributed by atoms with Crippen LogP contribution in [0.2, 0.25) is 0 Å². The maximum atomic E-state index is 13.9. The number of hydrogen-bond donors (Lipinski definition) is 1. The van der Waals surface area contributed by atoms with Gasteiger partial charge in [0.15, 0.2) is 0 Å². The van der Waals surface area contributed by atoms with Crippen molar-refractivity contribution < 1.29 is 14.7 Å². The predicted octanol–water partition coefficient (Wildman–Crippen LogP) is 6.01. The predicted molar refractivity (Wildman–Crippen MR) is 124 cm³/mol. The molecule has 2 aromatic carbocycles. The Labute approximate surface area is 187 Å². The van der Waals surface area contributed by atoms with E-state index in [-0.39, 0.29) is 22.8 Å². The van der Waals surface area contributed by atoms with Gasteiger partial charge in [-0.15, -0.1) is 0 Å². The topological polar surface area (TPSA) is 57.6 Å². The highest BCUT2D eigenvalue weighted by atomic mass is 35.5. The maximum absolute atomic E-state index is 13.9. The molecular formula is C26H26ClNO3. The average molecular weight is 436 g/mol. The van der Waals surface area contributed by atoms with Crippen LogP contribution in [-0.2, 0) is 15.6 Å². The number of carbonyl (C=O) groups excluding carboxylic acids is 1. The van der Waals surface area contributed by atoms with Gasteiger partial charge in [0.1, 0.15) is 0 Å². The highest BCUT2D eigenvalue weighted by Gasteiger charge is 2.55. The summed E-state index contributed by atoms with van der Waals surface area (Å²) in [6, 6.07) is 14.8. The number of allylic oxidation sites excluding steroid dienone is 4. The van der Waals surface area contributed by atoms with E-state index in [9.17, 15) is 14.7 Å². The van der Waals surface area contributed by atoms with Crippen LogP contribution in [0.25, 0.3) is 0 Å². The van der Waals surface area contributed by atoms with Crippen LogP contribution in [-0.4, -0.2) is 17.0 Å². The first-order valence-corrected chi connectivity index (χ1v) is 10.8. The third-order valence-corrected chi connectivity index (χ3v) is 6.78. The molecule has 1 aliphatic carbocycles. The normalized spacial score (nSPS) is 23.3. The average Bonchev–Trinajstić information content (AvgIpc) is 2.95. The molecule has 0 bridgehead atoms. The summed E-state index contributed by atoms with van der Waals surface area (Å²) in [6.07, 6.45) is 4.27. The molecule has 2 aromatic rings. The molecular weight excluding hydrogens is 410 g/mol. The van der Waals surface area contributed by atoms with Gasteiger partial charge in [-0.2, -0.15) is 0 Å². The van der Waals surface area contributed by atoms with Crippen LogP contribution in [0.3, 0.4) is 0 Å². The Morgan fingerprint density at radius 1 is 1.13 bits per heavy atom. The molecule has 1 amide bonds. The second-order valence-electron chi connectivity index (χ2n) is 9.49. The summed E-state index contributed by atoms with van der Waals surface area (Å²) >= 11 is 6.40. The lowest BCUT2D eigenvalue weighted by Crippen LogP contribution is -2.38. The molecule has 1 saturated heterocycles. The van der Waals surface area contributed by atoms with E-state index in [0.29, 0.717) is 17.1 Å². The number of nitrogens with zero attached hydrogens (tertiary/aromatic N) is 1. The summed E-state index contributed by atoms with van der Waals surface area (Å²) in [5.41, 5.74) is 2.90. The molecule has 0 spiro atoms. The number of aromatic carboxylic acids is 1. The standard InChI is InChI=1S/C26H26ClNO3/c1-25(2,3)17-8-10-18(11-9-17)26(4)21-15-19(27)12-13-22(21)28(24(26)31)20-7-5-6-16(14-20)23(29)30/h5-14,21H,15H2,1-4H3,(H,29,30)/t21?,26-/m0/s1. The van der Waals surface area contributed by atoms with E-state index in [0.717, 1.165) is 11.3 Å². The number of carbonyl (C=O) groups is 2. The van der Waals surface area contributed by atoms with Crippen molar-refractivity contribution in [3.8, 4) is 0 Å². The maximum Gasteiger partial charge on any atom is 0.335 e. The van der Waals surface area contributed by atoms with Crippen LogP contribution >= 0.6 is 11.6 Å². The second-order valence-corrected chi connectivity index (χ2v) is 9.97. The Balaban J connectivity index is 1.84. The van der Waals surface area contributed by atoms with Crippen LogP contribution in [0.5, 0.6) is 0 Å². The summed E-state index contributed by atoms with van der Waals surface area (Å²) in [6.45, 7) is 8.45. The molecule has 1 aliphatic heterocycles. The van der Waals surface area contributed by atoms with E-state index in [1.54, 1.807) is 23.1 Å². The minimum absolute atomic E-state index is 0.0182. The monoisotopic (exact) mass is 435 g/mol. The molecule has 160 valence electrons. The van der Waals surface area contributed by atoms with Gasteiger partial charge in [0.25, 0.3) is 0 Å². The SMILES string of the molecule is CC(C)(C)c1ccc([C@]2(C)C(=O)N(c3cccc(C(=O)O)c3)C3=CC=C(Cl)CC32)cc1. The van der Waals surface area contributed by atoms with Gasteiger partial charge in [0.2, 0.25) is 5.91 Å². The Morgan fingerprint density at radius 2 is 1.81 bits per heavy atom. The van der Waals surface area contributed by atoms with Crippen molar-refractivity contribution in [3.05, 3.63) is 88.1 Å². The lowest BCUT2D eigenvalue weighted by atomic mass is 9.70. The quantitative estimate of drug-likeness (QED) is 0.641. The largest absolute Gasteiger partial charge is 0.478 e. The smallest absolute Gasteiger partial charge is 0.335 e. The van der Waals surface area contributed by atoms with Gasteiger partial charge in [-0.3, -0.25) is 9.69 Å². The first-order valence-electron chi connectivity index (χ1n) is 10.4. The van der Waals surface area contributed by atoms with Gasteiger partial charge in [-0.05, 0) is 60.2 Å². The van der Waals surface area contributed by atoms with Crippen molar-refractivity contribution in [2.75, 3.05) is 4.90 Å². The molecule has 0 radical (unpaired) electrons. The van der Waals surface area contributed by atoms with Crippen LogP contribution < -0.4 is 4.90 Å². The van der Waals surface area contributed by atoms with Gasteiger partial charge in [0.05, 0.1) is 11.0 Å². The molecule has 4 rings (SSSR count). The zero-order chi connectivity index (χ0) is 22.6. The number of hydrogen-bond acceptors (Lipinski definition) is 2. The lowest BCUT2D eigenvalue weighted by molar-refractivity contribution is -0.122. The van der Waals surface area contributed by atoms with Gasteiger partial charge in [0, 0.05) is 22.3 Å². The first kappa shape index (κ1) is 21.4. The number of amides is 1. The lowest BCUT2D eigenvalue weighted by Gasteiger charge is -2.31. The molecule has 4 nitrogen and oxygen atoms in total. The van der Waals surface area contributed by atoms with E-state index in [1.807, 2.05) is 31.2 Å². The summed E-state index contributed by atoms with van der Waals surface area (Å²) < 4.78 is 0. The van der Waals surface area contributed by atoms with E-state index in [2.05, 4.69) is 32.9 Å². The summed E-state index contributed by atoms with van der Waals surface area (Å²) in [5.74, 6) is -1.23. The second kappa shape index (κ2) is 7.38. The third kappa shape index (κ3) is 3.49. The molecule has 31 heavy (non-hydrogen) atoms. The van der Waals surface area contributed by atoms with Crippen LogP contribution in [0, 0.1) is 5.92 Å². The molecule has 1 fully saturated rings. The van der Waals surface area contributed by atoms with Crippen molar-refractivity contribution >= 4 is 29.2 Å². The number of anilines is 1. The Morgan fingerprint density at radius 3 is 2.42 bits per heavy atom. The van der Waals surface area contributed by atoms with Gasteiger partial charge in [-0.1, -0.05) is 62.7 Å². The molecule has 5 heteroatoms. The third-order valence-electron chi connectivity index (χ3n) is 6.50. The summed E-state index contributed by atoms with van der Waals surface area (Å²) in [7, 11) is 0. The number of rotatable bonds is 3. The Hall–Kier alpha value is -2.85. The molecule has 2 atom stereocenters. The van der Waals surface area contributed by atoms with E-state index in [1.165, 1.54) is 11.6 Å². The fourth-order valence-corrected chi connectivity index (χ4v) is 4.79. The van der Waals surface area contributed by atoms with Gasteiger partial charge in [-0.25, -0.2) is 4.79 Å². The Bertz CT molecular complexity index is 1120. The van der Waals surface area contributed by atoms with Gasteiger partial charge < -0.3 is 5.11 Å². The van der Waals surface area contributed by atoms with Crippen LogP contribution in [0.1, 0.15) is 55.6 Å². The van der Waals surface area contributed by atoms with E-state index in [4.69, 9.17) is 11.6 Å². The molecule has 1 unspecified atom stereocenters. The molecule has 1 heterocycles. The van der Waals surface area contributed by atoms with Crippen LogP contribution in [0.15, 0.2) is 71.4 Å². The fraction of sp³-hybridized carbons (Fsp3) is 0.308. The van der Waals surface area contributed by atoms with Crippen LogP contribution in [0.4, 0.5) is 5.69 Å². The number of benzene rings is 2. The zero-order valence-electron chi connectivity index (χ0n) is 18.1. The minimum Gasteiger partial charge on any atom is -0.478 e. The number of carboxylic acids is 1. The van der Waals surface area contributed by atoms with Crippen molar-refractivity contribution in [1.29, 1.82) is 0 Å². The summed E-state index contributed by atoms with van der Waals surface area (Å²) in [5, 5.41) is 10.1. The van der Waals surface area contributed by atoms with E-state index < -0.39 is 11.4 Å². The van der Waals surface area contributed by atoms with Crippen molar-refractivity contribution in [2.45, 2.75) is 44.9 Å². The summed E-state index contributed by atoms with van der Waals surface area (Å²) in [4.78, 5) is 27.1. The molecule has 0 aromatic heterocycles. The van der Waals surface area contributed by atoms with Crippen molar-refractivity contribution in [1.82, 2.24) is 0 Å². The highest BCUT2D eigenvalue weighted by Crippen LogP contribution is 2.52. The van der Waals surface area contributed by atoms with Crippen molar-refractivity contribution in [2.24, 2.45) is 5.92 Å². The van der Waals surface area contributed by atoms with Crippen molar-refractivity contribution in [3.63, 3.8) is 0 Å². The first-order chi connectivity index (χ1) is 14.5. The minimum atomic E-state index is -1.02. The fourth-order valence-electron chi connectivity index (χ4n) is 4.57. The Kier molecular flexibility index (Phi) is 5.09. The number of carboxylic acid groups (broad SMARTS) is 1. The van der Waals surface area contributed by atoms with E-state index >= 15 is 0 Å². The highest BCUT2D eigenvalue weighted by molar-refractivity contribution is 6.30. The zero-order valence-corrected chi connectivity index (χ0v) is 18.9. The number of fused-ring (bicyclic) bond motifs is 1. The molecule has 0 saturated carbocycles. The molecule has 2 aliphatic rings. The molecule has 1 N–H and O–H groups in total.